The van der Waals surface area contributed by atoms with Crippen LogP contribution in [0.2, 0.25) is 0 Å². The molecule has 0 radical (unpaired) electrons. The van der Waals surface area contributed by atoms with Gasteiger partial charge in [-0.3, -0.25) is 14.4 Å². The van der Waals surface area contributed by atoms with Gasteiger partial charge in [0, 0.05) is 17.4 Å². The molecular formula is C25H34BrN3O5. The number of hydrogen-bond acceptors (Lipinski definition) is 5. The van der Waals surface area contributed by atoms with Crippen molar-refractivity contribution in [1.82, 2.24) is 15.5 Å². The van der Waals surface area contributed by atoms with Gasteiger partial charge in [0.25, 0.3) is 0 Å². The van der Waals surface area contributed by atoms with Gasteiger partial charge in [-0.15, -0.1) is 0 Å². The average Bonchev–Trinajstić information content (AvgIpc) is 3.36. The molecule has 0 aromatic heterocycles. The van der Waals surface area contributed by atoms with Crippen LogP contribution >= 0.6 is 15.9 Å². The largest absolute Gasteiger partial charge is 0.394 e. The molecule has 0 aliphatic carbocycles. The monoisotopic (exact) mass is 535 g/mol. The highest BCUT2D eigenvalue weighted by Crippen LogP contribution is 2.60. The van der Waals surface area contributed by atoms with E-state index in [-0.39, 0.29) is 41.1 Å². The van der Waals surface area contributed by atoms with Crippen molar-refractivity contribution in [3.63, 3.8) is 0 Å². The summed E-state index contributed by atoms with van der Waals surface area (Å²) in [7, 11) is 0. The Morgan fingerprint density at radius 1 is 1.21 bits per heavy atom. The van der Waals surface area contributed by atoms with Crippen LogP contribution in [0.4, 0.5) is 0 Å². The van der Waals surface area contributed by atoms with Crippen LogP contribution in [0.5, 0.6) is 0 Å². The fourth-order valence-corrected chi connectivity index (χ4v) is 6.85. The Morgan fingerprint density at radius 3 is 2.47 bits per heavy atom. The molecule has 3 unspecified atom stereocenters. The summed E-state index contributed by atoms with van der Waals surface area (Å²) in [4.78, 5) is 42.2. The maximum Gasteiger partial charge on any atom is 0.246 e. The fourth-order valence-electron chi connectivity index (χ4n) is 5.91. The Hall–Kier alpha value is -1.97. The van der Waals surface area contributed by atoms with Gasteiger partial charge in [-0.1, -0.05) is 60.1 Å². The molecule has 1 aromatic rings. The summed E-state index contributed by atoms with van der Waals surface area (Å²) in [6.45, 7) is 7.61. The summed E-state index contributed by atoms with van der Waals surface area (Å²) in [5.41, 5.74) is -0.162. The van der Waals surface area contributed by atoms with E-state index < -0.39 is 35.6 Å². The Morgan fingerprint density at radius 2 is 1.88 bits per heavy atom. The molecule has 3 saturated heterocycles. The van der Waals surface area contributed by atoms with Crippen LogP contribution in [0, 0.1) is 17.8 Å². The third-order valence-corrected chi connectivity index (χ3v) is 8.18. The Bertz CT molecular complexity index is 942. The molecule has 3 N–H and O–H groups in total. The third kappa shape index (κ3) is 4.05. The highest BCUT2D eigenvalue weighted by molar-refractivity contribution is 9.09. The van der Waals surface area contributed by atoms with Crippen LogP contribution in [0.25, 0.3) is 0 Å². The molecule has 0 saturated carbocycles. The summed E-state index contributed by atoms with van der Waals surface area (Å²) in [6.07, 6.45) is -0.0627. The predicted octanol–water partition coefficient (Wildman–Crippen LogP) is 1.59. The lowest BCUT2D eigenvalue weighted by Crippen LogP contribution is -2.59. The van der Waals surface area contributed by atoms with Crippen LogP contribution in [-0.4, -0.2) is 69.0 Å². The van der Waals surface area contributed by atoms with E-state index in [9.17, 15) is 19.5 Å². The van der Waals surface area contributed by atoms with Crippen molar-refractivity contribution in [2.75, 3.05) is 6.61 Å². The number of carbonyl (C=O) groups is 3. The van der Waals surface area contributed by atoms with Gasteiger partial charge >= 0.3 is 0 Å². The van der Waals surface area contributed by atoms with Gasteiger partial charge in [0.05, 0.1) is 30.6 Å². The maximum atomic E-state index is 13.9. The smallest absolute Gasteiger partial charge is 0.246 e. The number of amides is 3. The number of benzene rings is 1. The Balaban J connectivity index is 1.69. The fraction of sp³-hybridized carbons (Fsp3) is 0.640. The number of rotatable bonds is 8. The van der Waals surface area contributed by atoms with Crippen molar-refractivity contribution in [3.05, 3.63) is 35.9 Å². The standard InChI is InChI=1S/C25H34BrN3O5/c1-13(2)17(12-30)29-21(23(32)28-14(3)4)25-10-16(26)20(34-25)18(19(25)24(29)33)22(31)27-11-15-8-6-5-7-9-15/h5-9,13-14,16-21,30H,10-12H2,1-4H3,(H,27,31)(H,28,32)/t16?,17-,18-,19-,20-,21?,25?/m0/s1. The van der Waals surface area contributed by atoms with Gasteiger partial charge in [-0.2, -0.15) is 0 Å². The van der Waals surface area contributed by atoms with E-state index in [0.717, 1.165) is 5.56 Å². The molecule has 4 rings (SSSR count). The zero-order chi connectivity index (χ0) is 24.8. The van der Waals surface area contributed by atoms with Crippen molar-refractivity contribution >= 4 is 33.7 Å². The molecule has 1 aromatic carbocycles. The van der Waals surface area contributed by atoms with Crippen molar-refractivity contribution in [2.24, 2.45) is 17.8 Å². The number of alkyl halides is 1. The van der Waals surface area contributed by atoms with Crippen molar-refractivity contribution < 1.29 is 24.2 Å². The Labute approximate surface area is 208 Å². The number of carbonyl (C=O) groups excluding carboxylic acids is 3. The predicted molar refractivity (Wildman–Crippen MR) is 130 cm³/mol. The van der Waals surface area contributed by atoms with E-state index >= 15 is 0 Å². The molecule has 3 fully saturated rings. The first kappa shape index (κ1) is 25.1. The molecule has 7 atom stereocenters. The number of likely N-dealkylation sites (tertiary alicyclic amines) is 1. The minimum atomic E-state index is -1.12. The molecule has 3 amide bonds. The van der Waals surface area contributed by atoms with E-state index in [2.05, 4.69) is 26.6 Å². The lowest BCUT2D eigenvalue weighted by atomic mass is 9.70. The summed E-state index contributed by atoms with van der Waals surface area (Å²) < 4.78 is 6.46. The van der Waals surface area contributed by atoms with Crippen molar-refractivity contribution in [2.45, 2.75) is 75.3 Å². The lowest BCUT2D eigenvalue weighted by molar-refractivity contribution is -0.147. The van der Waals surface area contributed by atoms with Gasteiger partial charge in [0.15, 0.2) is 0 Å². The average molecular weight is 536 g/mol. The number of aliphatic hydroxyl groups is 1. The minimum Gasteiger partial charge on any atom is -0.394 e. The molecule has 1 spiro atoms. The van der Waals surface area contributed by atoms with E-state index in [0.29, 0.717) is 13.0 Å². The van der Waals surface area contributed by atoms with Crippen LogP contribution < -0.4 is 10.6 Å². The van der Waals surface area contributed by atoms with Gasteiger partial charge in [0.2, 0.25) is 17.7 Å². The van der Waals surface area contributed by atoms with Crippen LogP contribution in [0.15, 0.2) is 30.3 Å². The highest BCUT2D eigenvalue weighted by atomic mass is 79.9. The first-order valence-electron chi connectivity index (χ1n) is 12.0. The number of nitrogens with zero attached hydrogens (tertiary/aromatic N) is 1. The molecule has 2 bridgehead atoms. The quantitative estimate of drug-likeness (QED) is 0.438. The molecule has 3 aliphatic heterocycles. The topological polar surface area (TPSA) is 108 Å². The van der Waals surface area contributed by atoms with Gasteiger partial charge in [0.1, 0.15) is 11.6 Å². The minimum absolute atomic E-state index is 0.0825. The second-order valence-corrected chi connectivity index (χ2v) is 11.4. The second-order valence-electron chi connectivity index (χ2n) is 10.3. The summed E-state index contributed by atoms with van der Waals surface area (Å²) in [6, 6.07) is 7.98. The van der Waals surface area contributed by atoms with E-state index in [1.165, 1.54) is 4.90 Å². The molecule has 9 heteroatoms. The number of ether oxygens (including phenoxy) is 1. The zero-order valence-electron chi connectivity index (χ0n) is 20.0. The van der Waals surface area contributed by atoms with Gasteiger partial charge in [-0.25, -0.2) is 0 Å². The molecule has 3 heterocycles. The normalized spacial score (nSPS) is 32.9. The number of halogens is 1. The molecule has 3 aliphatic rings. The molecule has 8 nitrogen and oxygen atoms in total. The van der Waals surface area contributed by atoms with Gasteiger partial charge in [-0.05, 0) is 31.7 Å². The first-order chi connectivity index (χ1) is 16.1. The van der Waals surface area contributed by atoms with Crippen molar-refractivity contribution in [1.29, 1.82) is 0 Å². The number of hydrogen-bond donors (Lipinski definition) is 3. The molecule has 186 valence electrons. The highest BCUT2D eigenvalue weighted by Gasteiger charge is 2.77. The number of fused-ring (bicyclic) bond motifs is 1. The zero-order valence-corrected chi connectivity index (χ0v) is 21.6. The van der Waals surface area contributed by atoms with E-state index in [1.54, 1.807) is 0 Å². The maximum absolute atomic E-state index is 13.9. The number of aliphatic hydroxyl groups excluding tert-OH is 1. The number of nitrogens with one attached hydrogen (secondary N) is 2. The molecular weight excluding hydrogens is 502 g/mol. The molecule has 34 heavy (non-hydrogen) atoms. The summed E-state index contributed by atoms with van der Waals surface area (Å²) >= 11 is 3.67. The SMILES string of the molecule is CC(C)NC(=O)C1N([C@@H](CO)C(C)C)C(=O)[C@@H]2[C@H](C(=O)NCc3ccccc3)[C@H]3OC12CC3Br. The van der Waals surface area contributed by atoms with Crippen LogP contribution in [0.1, 0.15) is 39.7 Å². The first-order valence-corrected chi connectivity index (χ1v) is 12.9. The van der Waals surface area contributed by atoms with E-state index in [1.807, 2.05) is 58.0 Å². The summed E-state index contributed by atoms with van der Waals surface area (Å²) in [5.74, 6) is -2.44. The second kappa shape index (κ2) is 9.59. The Kier molecular flexibility index (Phi) is 7.09. The van der Waals surface area contributed by atoms with E-state index in [4.69, 9.17) is 4.74 Å². The lowest BCUT2D eigenvalue weighted by Gasteiger charge is -2.38. The van der Waals surface area contributed by atoms with Crippen molar-refractivity contribution in [3.8, 4) is 0 Å². The van der Waals surface area contributed by atoms with Crippen LogP contribution in [0.3, 0.4) is 0 Å². The summed E-state index contributed by atoms with van der Waals surface area (Å²) in [5, 5.41) is 16.1. The van der Waals surface area contributed by atoms with Crippen LogP contribution in [-0.2, 0) is 25.7 Å². The van der Waals surface area contributed by atoms with Gasteiger partial charge < -0.3 is 25.4 Å². The third-order valence-electron chi connectivity index (χ3n) is 7.33.